The lowest BCUT2D eigenvalue weighted by Gasteiger charge is -2.29. The fraction of sp³-hybridized carbons (Fsp3) is 0.583. The lowest BCUT2D eigenvalue weighted by molar-refractivity contribution is -0.119. The van der Waals surface area contributed by atoms with Gasteiger partial charge in [-0.15, -0.1) is 0 Å². The standard InChI is InChI=1S/C12H19N3O/c1-8(2)11(10(4)16)15(5)12-13-7-6-9(3)14-12/h6-8,11H,1-5H3. The molecule has 0 radical (unpaired) electrons. The molecular weight excluding hydrogens is 202 g/mol. The average molecular weight is 221 g/mol. The number of nitrogens with zero attached hydrogens (tertiary/aromatic N) is 3. The number of Topliss-reactive ketones (excluding diaryl/α,β-unsaturated/α-hetero) is 1. The molecular formula is C12H19N3O. The maximum atomic E-state index is 11.6. The number of carbonyl (C=O) groups is 1. The summed E-state index contributed by atoms with van der Waals surface area (Å²) in [5.74, 6) is 0.989. The molecule has 4 heteroatoms. The Labute approximate surface area is 96.7 Å². The number of rotatable bonds is 4. The predicted octanol–water partition coefficient (Wildman–Crippen LogP) is 1.83. The number of carbonyl (C=O) groups excluding carboxylic acids is 1. The molecule has 0 aliphatic rings. The van der Waals surface area contributed by atoms with Gasteiger partial charge in [0.05, 0.1) is 6.04 Å². The van der Waals surface area contributed by atoms with Crippen molar-refractivity contribution in [3.8, 4) is 0 Å². The molecule has 1 rings (SSSR count). The van der Waals surface area contributed by atoms with Crippen LogP contribution >= 0.6 is 0 Å². The van der Waals surface area contributed by atoms with Crippen LogP contribution in [-0.2, 0) is 4.79 Å². The van der Waals surface area contributed by atoms with E-state index < -0.39 is 0 Å². The highest BCUT2D eigenvalue weighted by Gasteiger charge is 2.24. The summed E-state index contributed by atoms with van der Waals surface area (Å²) >= 11 is 0. The molecule has 0 spiro atoms. The zero-order chi connectivity index (χ0) is 12.3. The molecule has 0 fully saturated rings. The summed E-state index contributed by atoms with van der Waals surface area (Å²) < 4.78 is 0. The Bertz CT molecular complexity index is 376. The largest absolute Gasteiger partial charge is 0.334 e. The fourth-order valence-electron chi connectivity index (χ4n) is 1.92. The summed E-state index contributed by atoms with van der Waals surface area (Å²) in [5.41, 5.74) is 0.905. The molecule has 1 aromatic heterocycles. The molecule has 1 atom stereocenters. The van der Waals surface area contributed by atoms with Gasteiger partial charge in [-0.3, -0.25) is 4.79 Å². The van der Waals surface area contributed by atoms with Crippen LogP contribution in [-0.4, -0.2) is 28.8 Å². The zero-order valence-corrected chi connectivity index (χ0v) is 10.6. The second-order valence-electron chi connectivity index (χ2n) is 4.41. The van der Waals surface area contributed by atoms with Crippen molar-refractivity contribution in [3.63, 3.8) is 0 Å². The third-order valence-corrected chi connectivity index (χ3v) is 2.56. The van der Waals surface area contributed by atoms with Gasteiger partial charge in [0, 0.05) is 18.9 Å². The molecule has 1 unspecified atom stereocenters. The van der Waals surface area contributed by atoms with Gasteiger partial charge in [-0.1, -0.05) is 13.8 Å². The van der Waals surface area contributed by atoms with E-state index in [1.54, 1.807) is 13.1 Å². The van der Waals surface area contributed by atoms with Gasteiger partial charge in [0.2, 0.25) is 5.95 Å². The predicted molar refractivity (Wildman–Crippen MR) is 64.5 cm³/mol. The second-order valence-corrected chi connectivity index (χ2v) is 4.41. The molecule has 0 aromatic carbocycles. The normalized spacial score (nSPS) is 12.6. The van der Waals surface area contributed by atoms with Crippen LogP contribution in [0.2, 0.25) is 0 Å². The van der Waals surface area contributed by atoms with Crippen molar-refractivity contribution in [1.82, 2.24) is 9.97 Å². The highest BCUT2D eigenvalue weighted by atomic mass is 16.1. The first-order chi connectivity index (χ1) is 7.43. The molecule has 1 heterocycles. The summed E-state index contributed by atoms with van der Waals surface area (Å²) in [4.78, 5) is 21.9. The van der Waals surface area contributed by atoms with Crippen molar-refractivity contribution >= 4 is 11.7 Å². The molecule has 88 valence electrons. The zero-order valence-electron chi connectivity index (χ0n) is 10.6. The highest BCUT2D eigenvalue weighted by molar-refractivity contribution is 5.84. The van der Waals surface area contributed by atoms with Gasteiger partial charge in [-0.05, 0) is 25.8 Å². The topological polar surface area (TPSA) is 46.1 Å². The Morgan fingerprint density at radius 3 is 2.50 bits per heavy atom. The first-order valence-electron chi connectivity index (χ1n) is 5.46. The third kappa shape index (κ3) is 2.78. The summed E-state index contributed by atoms with van der Waals surface area (Å²) in [7, 11) is 1.86. The summed E-state index contributed by atoms with van der Waals surface area (Å²) in [6.07, 6.45) is 1.71. The van der Waals surface area contributed by atoms with Crippen LogP contribution in [0.25, 0.3) is 0 Å². The van der Waals surface area contributed by atoms with E-state index in [4.69, 9.17) is 0 Å². The minimum Gasteiger partial charge on any atom is -0.334 e. The minimum absolute atomic E-state index is 0.141. The highest BCUT2D eigenvalue weighted by Crippen LogP contribution is 2.15. The lowest BCUT2D eigenvalue weighted by atomic mass is 10.00. The van der Waals surface area contributed by atoms with E-state index in [0.717, 1.165) is 5.69 Å². The van der Waals surface area contributed by atoms with Crippen LogP contribution in [0.4, 0.5) is 5.95 Å². The Kier molecular flexibility index (Phi) is 3.99. The Morgan fingerprint density at radius 1 is 1.44 bits per heavy atom. The monoisotopic (exact) mass is 221 g/mol. The van der Waals surface area contributed by atoms with Gasteiger partial charge in [-0.2, -0.15) is 0 Å². The Morgan fingerprint density at radius 2 is 2.06 bits per heavy atom. The molecule has 4 nitrogen and oxygen atoms in total. The number of hydrogen-bond donors (Lipinski definition) is 0. The number of likely N-dealkylation sites (N-methyl/N-ethyl adjacent to an activating group) is 1. The van der Waals surface area contributed by atoms with E-state index in [1.807, 2.05) is 38.8 Å². The molecule has 0 N–H and O–H groups in total. The third-order valence-electron chi connectivity index (χ3n) is 2.56. The van der Waals surface area contributed by atoms with E-state index in [-0.39, 0.29) is 17.7 Å². The quantitative estimate of drug-likeness (QED) is 0.778. The summed E-state index contributed by atoms with van der Waals surface area (Å²) in [6.45, 7) is 7.57. The van der Waals surface area contributed by atoms with Crippen LogP contribution in [0.3, 0.4) is 0 Å². The number of anilines is 1. The molecule has 0 bridgehead atoms. The number of ketones is 1. The van der Waals surface area contributed by atoms with Crippen molar-refractivity contribution in [1.29, 1.82) is 0 Å². The van der Waals surface area contributed by atoms with Crippen LogP contribution in [0.5, 0.6) is 0 Å². The molecule has 0 amide bonds. The van der Waals surface area contributed by atoms with E-state index in [0.29, 0.717) is 5.95 Å². The van der Waals surface area contributed by atoms with Gasteiger partial charge in [0.15, 0.2) is 5.78 Å². The molecule has 0 aliphatic carbocycles. The molecule has 16 heavy (non-hydrogen) atoms. The van der Waals surface area contributed by atoms with Crippen molar-refractivity contribution in [3.05, 3.63) is 18.0 Å². The molecule has 1 aromatic rings. The molecule has 0 aliphatic heterocycles. The first kappa shape index (κ1) is 12.6. The average Bonchev–Trinajstić information content (AvgIpc) is 2.16. The molecule has 0 saturated heterocycles. The first-order valence-corrected chi connectivity index (χ1v) is 5.46. The lowest BCUT2D eigenvalue weighted by Crippen LogP contribution is -2.42. The summed E-state index contributed by atoms with van der Waals surface area (Å²) in [5, 5.41) is 0. The van der Waals surface area contributed by atoms with Crippen LogP contribution in [0, 0.1) is 12.8 Å². The molecule has 0 saturated carbocycles. The maximum Gasteiger partial charge on any atom is 0.225 e. The van der Waals surface area contributed by atoms with E-state index in [1.165, 1.54) is 0 Å². The van der Waals surface area contributed by atoms with Crippen molar-refractivity contribution in [2.45, 2.75) is 33.7 Å². The Hall–Kier alpha value is -1.45. The van der Waals surface area contributed by atoms with E-state index in [9.17, 15) is 4.79 Å². The number of aryl methyl sites for hydroxylation is 1. The smallest absolute Gasteiger partial charge is 0.225 e. The minimum atomic E-state index is -0.165. The van der Waals surface area contributed by atoms with Gasteiger partial charge in [0.1, 0.15) is 0 Å². The van der Waals surface area contributed by atoms with Gasteiger partial charge in [0.25, 0.3) is 0 Å². The van der Waals surface area contributed by atoms with E-state index >= 15 is 0 Å². The summed E-state index contributed by atoms with van der Waals surface area (Å²) in [6, 6.07) is 1.68. The van der Waals surface area contributed by atoms with Gasteiger partial charge < -0.3 is 4.90 Å². The van der Waals surface area contributed by atoms with Crippen LogP contribution < -0.4 is 4.90 Å². The van der Waals surface area contributed by atoms with Gasteiger partial charge in [-0.25, -0.2) is 9.97 Å². The van der Waals surface area contributed by atoms with Crippen LogP contribution in [0.15, 0.2) is 12.3 Å². The van der Waals surface area contributed by atoms with Crippen LogP contribution in [0.1, 0.15) is 26.5 Å². The second kappa shape index (κ2) is 5.05. The Balaban J connectivity index is 2.99. The fourth-order valence-corrected chi connectivity index (χ4v) is 1.92. The van der Waals surface area contributed by atoms with E-state index in [2.05, 4.69) is 9.97 Å². The number of aromatic nitrogens is 2. The van der Waals surface area contributed by atoms with Crippen molar-refractivity contribution in [2.75, 3.05) is 11.9 Å². The van der Waals surface area contributed by atoms with Crippen molar-refractivity contribution < 1.29 is 4.79 Å². The maximum absolute atomic E-state index is 11.6. The van der Waals surface area contributed by atoms with Gasteiger partial charge >= 0.3 is 0 Å². The SMILES string of the molecule is CC(=O)C(C(C)C)N(C)c1nccc(C)n1. The van der Waals surface area contributed by atoms with Crippen molar-refractivity contribution in [2.24, 2.45) is 5.92 Å². The number of hydrogen-bond acceptors (Lipinski definition) is 4.